The van der Waals surface area contributed by atoms with Gasteiger partial charge in [-0.25, -0.2) is 0 Å². The molecule has 1 amide bonds. The van der Waals surface area contributed by atoms with Crippen molar-refractivity contribution in [3.8, 4) is 11.5 Å². The van der Waals surface area contributed by atoms with E-state index in [9.17, 15) is 4.79 Å². The van der Waals surface area contributed by atoms with Crippen LogP contribution in [0.4, 0.5) is 0 Å². The Kier molecular flexibility index (Phi) is 3.92. The number of carbonyl (C=O) groups excluding carboxylic acids is 1. The minimum atomic E-state index is -0.791. The fourth-order valence-corrected chi connectivity index (χ4v) is 5.52. The van der Waals surface area contributed by atoms with Crippen molar-refractivity contribution in [2.45, 2.75) is 50.3 Å². The molecule has 2 bridgehead atoms. The molecule has 0 unspecified atom stereocenters. The van der Waals surface area contributed by atoms with E-state index in [2.05, 4.69) is 21.9 Å². The second-order valence-electron chi connectivity index (χ2n) is 8.75. The van der Waals surface area contributed by atoms with Crippen molar-refractivity contribution in [3.63, 3.8) is 0 Å². The molecule has 0 N–H and O–H groups in total. The topological polar surface area (TPSA) is 51.2 Å². The summed E-state index contributed by atoms with van der Waals surface area (Å²) in [5.74, 6) is 2.63. The number of hydrogen-bond donors (Lipinski definition) is 0. The van der Waals surface area contributed by atoms with Crippen LogP contribution in [0.3, 0.4) is 0 Å². The lowest BCUT2D eigenvalue weighted by Gasteiger charge is -2.51. The predicted molar refractivity (Wildman–Crippen MR) is 100.0 cm³/mol. The zero-order valence-electron chi connectivity index (χ0n) is 16.3. The smallest absolute Gasteiger partial charge is 0.254 e. The van der Waals surface area contributed by atoms with Gasteiger partial charge >= 0.3 is 0 Å². The van der Waals surface area contributed by atoms with Crippen LogP contribution in [0.2, 0.25) is 0 Å². The molecule has 27 heavy (non-hydrogen) atoms. The standard InChI is InChI=1S/C21H28N2O4/c1-21(2,25-3)20(24)23-11-15(14-4-5-16-17(10-14)27-12-26-16)19-18(23)13-6-8-22(19)9-7-13/h4-5,10,13,15,18-19H,6-9,11-12H2,1-3H3/t15-,18+,19+/m1/s1. The van der Waals surface area contributed by atoms with Gasteiger partial charge in [0.1, 0.15) is 5.60 Å². The van der Waals surface area contributed by atoms with E-state index in [1.165, 1.54) is 18.4 Å². The van der Waals surface area contributed by atoms with Gasteiger partial charge in [0, 0.05) is 25.6 Å². The molecule has 6 heteroatoms. The first-order valence-corrected chi connectivity index (χ1v) is 9.99. The maximum Gasteiger partial charge on any atom is 0.254 e. The number of amides is 1. The van der Waals surface area contributed by atoms with E-state index < -0.39 is 5.60 Å². The zero-order valence-corrected chi connectivity index (χ0v) is 16.3. The third-order valence-electron chi connectivity index (χ3n) is 7.11. The van der Waals surface area contributed by atoms with Crippen LogP contribution in [-0.2, 0) is 9.53 Å². The number of fused-ring (bicyclic) bond motifs is 3. The third-order valence-corrected chi connectivity index (χ3v) is 7.11. The second kappa shape index (κ2) is 6.11. The molecule has 6 nitrogen and oxygen atoms in total. The summed E-state index contributed by atoms with van der Waals surface area (Å²) in [6, 6.07) is 6.93. The minimum absolute atomic E-state index is 0.108. The normalized spacial score (nSPS) is 34.0. The SMILES string of the molecule is COC(C)(C)C(=O)N1C[C@H](c2ccc3c(c2)OCO3)[C@H]2[C@@H]1C1CCN2CC1. The van der Waals surface area contributed by atoms with E-state index in [0.717, 1.165) is 31.1 Å². The molecule has 0 aliphatic carbocycles. The van der Waals surface area contributed by atoms with Gasteiger partial charge in [-0.2, -0.15) is 0 Å². The summed E-state index contributed by atoms with van der Waals surface area (Å²) in [6.45, 7) is 7.06. The van der Waals surface area contributed by atoms with Gasteiger partial charge in [-0.15, -0.1) is 0 Å². The highest BCUT2D eigenvalue weighted by atomic mass is 16.7. The van der Waals surface area contributed by atoms with Crippen molar-refractivity contribution < 1.29 is 19.0 Å². The number of methoxy groups -OCH3 is 1. The van der Waals surface area contributed by atoms with Crippen LogP contribution in [0, 0.1) is 5.92 Å². The van der Waals surface area contributed by atoms with E-state index >= 15 is 0 Å². The van der Waals surface area contributed by atoms with E-state index in [0.29, 0.717) is 17.9 Å². The molecule has 0 saturated carbocycles. The van der Waals surface area contributed by atoms with E-state index in [1.54, 1.807) is 7.11 Å². The maximum absolute atomic E-state index is 13.3. The second-order valence-corrected chi connectivity index (χ2v) is 8.75. The van der Waals surface area contributed by atoms with Gasteiger partial charge in [0.2, 0.25) is 6.79 Å². The third kappa shape index (κ3) is 2.57. The first-order chi connectivity index (χ1) is 13.0. The Morgan fingerprint density at radius 3 is 2.63 bits per heavy atom. The molecule has 4 fully saturated rings. The molecule has 0 aromatic heterocycles. The van der Waals surface area contributed by atoms with Crippen molar-refractivity contribution in [2.75, 3.05) is 33.5 Å². The zero-order chi connectivity index (χ0) is 18.8. The van der Waals surface area contributed by atoms with Crippen LogP contribution >= 0.6 is 0 Å². The average Bonchev–Trinajstić information content (AvgIpc) is 3.33. The monoisotopic (exact) mass is 372 g/mol. The van der Waals surface area contributed by atoms with Crippen LogP contribution in [0.15, 0.2) is 18.2 Å². The first kappa shape index (κ1) is 17.3. The molecule has 1 aromatic carbocycles. The molecular formula is C21H28N2O4. The van der Waals surface area contributed by atoms with E-state index in [1.807, 2.05) is 19.9 Å². The molecule has 0 radical (unpaired) electrons. The molecular weight excluding hydrogens is 344 g/mol. The predicted octanol–water partition coefficient (Wildman–Crippen LogP) is 2.23. The highest BCUT2D eigenvalue weighted by molar-refractivity contribution is 5.85. The number of benzene rings is 1. The van der Waals surface area contributed by atoms with Gasteiger partial charge in [-0.1, -0.05) is 6.07 Å². The Hall–Kier alpha value is -1.79. The number of rotatable bonds is 3. The van der Waals surface area contributed by atoms with Crippen LogP contribution in [-0.4, -0.2) is 66.9 Å². The quantitative estimate of drug-likeness (QED) is 0.814. The van der Waals surface area contributed by atoms with Crippen LogP contribution in [0.25, 0.3) is 0 Å². The molecule has 4 saturated heterocycles. The molecule has 5 heterocycles. The Morgan fingerprint density at radius 2 is 1.89 bits per heavy atom. The summed E-state index contributed by atoms with van der Waals surface area (Å²) in [7, 11) is 1.62. The van der Waals surface area contributed by atoms with Gasteiger partial charge in [-0.05, 0) is 63.4 Å². The number of carbonyl (C=O) groups is 1. The van der Waals surface area contributed by atoms with Crippen LogP contribution in [0.1, 0.15) is 38.2 Å². The van der Waals surface area contributed by atoms with Crippen molar-refractivity contribution in [2.24, 2.45) is 5.92 Å². The largest absolute Gasteiger partial charge is 0.454 e. The number of ether oxygens (including phenoxy) is 3. The molecule has 5 aliphatic rings. The molecule has 0 spiro atoms. The first-order valence-electron chi connectivity index (χ1n) is 9.99. The van der Waals surface area contributed by atoms with Crippen molar-refractivity contribution in [1.82, 2.24) is 9.80 Å². The Balaban J connectivity index is 1.52. The Morgan fingerprint density at radius 1 is 1.15 bits per heavy atom. The van der Waals surface area contributed by atoms with Gasteiger partial charge in [-0.3, -0.25) is 9.69 Å². The highest BCUT2D eigenvalue weighted by Crippen LogP contribution is 2.48. The molecule has 146 valence electrons. The number of nitrogens with zero attached hydrogens (tertiary/aromatic N) is 2. The molecule has 5 aliphatic heterocycles. The summed E-state index contributed by atoms with van der Waals surface area (Å²) in [5, 5.41) is 0. The summed E-state index contributed by atoms with van der Waals surface area (Å²) in [6.07, 6.45) is 2.37. The number of piperidine rings is 3. The lowest BCUT2D eigenvalue weighted by Crippen LogP contribution is -2.62. The van der Waals surface area contributed by atoms with Crippen LogP contribution < -0.4 is 9.47 Å². The summed E-state index contributed by atoms with van der Waals surface area (Å²) < 4.78 is 16.6. The lowest BCUT2D eigenvalue weighted by molar-refractivity contribution is -0.155. The van der Waals surface area contributed by atoms with Crippen molar-refractivity contribution >= 4 is 5.91 Å². The van der Waals surface area contributed by atoms with Gasteiger partial charge in [0.05, 0.1) is 6.04 Å². The number of hydrogen-bond acceptors (Lipinski definition) is 5. The van der Waals surface area contributed by atoms with Crippen molar-refractivity contribution in [1.29, 1.82) is 0 Å². The Bertz CT molecular complexity index is 757. The van der Waals surface area contributed by atoms with Gasteiger partial charge < -0.3 is 19.1 Å². The maximum atomic E-state index is 13.3. The minimum Gasteiger partial charge on any atom is -0.454 e. The Labute approximate surface area is 160 Å². The van der Waals surface area contributed by atoms with Crippen molar-refractivity contribution in [3.05, 3.63) is 23.8 Å². The number of likely N-dealkylation sites (tertiary alicyclic amines) is 1. The fourth-order valence-electron chi connectivity index (χ4n) is 5.52. The van der Waals surface area contributed by atoms with E-state index in [4.69, 9.17) is 14.2 Å². The van der Waals surface area contributed by atoms with Gasteiger partial charge in [0.25, 0.3) is 5.91 Å². The fraction of sp³-hybridized carbons (Fsp3) is 0.667. The molecule has 6 rings (SSSR count). The van der Waals surface area contributed by atoms with E-state index in [-0.39, 0.29) is 18.7 Å². The van der Waals surface area contributed by atoms with Crippen LogP contribution in [0.5, 0.6) is 11.5 Å². The molecule has 1 aromatic rings. The summed E-state index contributed by atoms with van der Waals surface area (Å²) in [4.78, 5) is 18.1. The highest BCUT2D eigenvalue weighted by Gasteiger charge is 2.56. The summed E-state index contributed by atoms with van der Waals surface area (Å²) >= 11 is 0. The summed E-state index contributed by atoms with van der Waals surface area (Å²) in [5.41, 5.74) is 0.452. The van der Waals surface area contributed by atoms with Gasteiger partial charge in [0.15, 0.2) is 11.5 Å². The lowest BCUT2D eigenvalue weighted by atomic mass is 9.75. The average molecular weight is 372 g/mol. The molecule has 3 atom stereocenters.